The molecule has 1 aromatic heterocycles. The summed E-state index contributed by atoms with van der Waals surface area (Å²) < 4.78 is 5.69. The second-order valence-electron chi connectivity index (χ2n) is 7.05. The molecular weight excluding hydrogens is 290 g/mol. The van der Waals surface area contributed by atoms with Gasteiger partial charge in [0, 0.05) is 40.7 Å². The molecule has 0 spiro atoms. The number of carbonyl (C=O) groups is 1. The van der Waals surface area contributed by atoms with Crippen LogP contribution in [0.1, 0.15) is 32.9 Å². The summed E-state index contributed by atoms with van der Waals surface area (Å²) in [5.41, 5.74) is 8.04. The van der Waals surface area contributed by atoms with Gasteiger partial charge in [0.25, 0.3) is 0 Å². The van der Waals surface area contributed by atoms with Crippen LogP contribution in [0.25, 0.3) is 10.9 Å². The molecule has 1 fully saturated rings. The van der Waals surface area contributed by atoms with Crippen LogP contribution in [0, 0.1) is 12.3 Å². The van der Waals surface area contributed by atoms with Gasteiger partial charge in [-0.3, -0.25) is 4.79 Å². The highest BCUT2D eigenvalue weighted by atomic mass is 16.5. The van der Waals surface area contributed by atoms with Gasteiger partial charge in [0.05, 0.1) is 6.10 Å². The van der Waals surface area contributed by atoms with Crippen LogP contribution in [0.15, 0.2) is 24.3 Å². The van der Waals surface area contributed by atoms with Gasteiger partial charge in [-0.2, -0.15) is 0 Å². The van der Waals surface area contributed by atoms with Gasteiger partial charge in [0.2, 0.25) is 5.91 Å². The molecule has 2 unspecified atom stereocenters. The number of amides is 1. The first kappa shape index (κ1) is 16.0. The van der Waals surface area contributed by atoms with Crippen LogP contribution in [-0.4, -0.2) is 29.1 Å². The molecule has 0 aliphatic heterocycles. The van der Waals surface area contributed by atoms with Gasteiger partial charge in [0.1, 0.15) is 5.54 Å². The third kappa shape index (κ3) is 2.44. The van der Waals surface area contributed by atoms with E-state index >= 15 is 0 Å². The Morgan fingerprint density at radius 3 is 2.83 bits per heavy atom. The third-order valence-corrected chi connectivity index (χ3v) is 5.25. The Hall–Kier alpha value is -1.85. The number of aryl methyl sites for hydroxylation is 1. The molecule has 1 amide bonds. The molecule has 4 N–H and O–H groups in total. The number of carbonyl (C=O) groups excluding carboxylic acids is 1. The number of hydrogen-bond donors (Lipinski definition) is 3. The summed E-state index contributed by atoms with van der Waals surface area (Å²) in [6, 6.07) is 7.88. The number of hydrogen-bond acceptors (Lipinski definition) is 3. The van der Waals surface area contributed by atoms with Crippen LogP contribution in [0.3, 0.4) is 0 Å². The molecule has 5 nitrogen and oxygen atoms in total. The highest BCUT2D eigenvalue weighted by Crippen LogP contribution is 2.50. The van der Waals surface area contributed by atoms with E-state index in [0.717, 1.165) is 22.3 Å². The maximum absolute atomic E-state index is 12.7. The second kappa shape index (κ2) is 5.35. The Morgan fingerprint density at radius 1 is 1.43 bits per heavy atom. The Bertz CT molecular complexity index is 750. The Morgan fingerprint density at radius 2 is 2.17 bits per heavy atom. The topological polar surface area (TPSA) is 80.1 Å². The van der Waals surface area contributed by atoms with Crippen molar-refractivity contribution in [2.45, 2.75) is 45.8 Å². The number of benzene rings is 1. The summed E-state index contributed by atoms with van der Waals surface area (Å²) in [5, 5.41) is 4.05. The largest absolute Gasteiger partial charge is 0.378 e. The molecule has 0 radical (unpaired) electrons. The summed E-state index contributed by atoms with van der Waals surface area (Å²) in [6.45, 7) is 8.60. The van der Waals surface area contributed by atoms with Crippen molar-refractivity contribution in [2.75, 3.05) is 11.9 Å². The molecule has 5 heteroatoms. The van der Waals surface area contributed by atoms with Crippen molar-refractivity contribution in [1.29, 1.82) is 0 Å². The lowest BCUT2D eigenvalue weighted by Gasteiger charge is -2.57. The van der Waals surface area contributed by atoms with E-state index < -0.39 is 5.54 Å². The molecule has 124 valence electrons. The number of aromatic amines is 1. The maximum atomic E-state index is 12.7. The van der Waals surface area contributed by atoms with Crippen molar-refractivity contribution >= 4 is 22.5 Å². The summed E-state index contributed by atoms with van der Waals surface area (Å²) in [7, 11) is 0. The van der Waals surface area contributed by atoms with Gasteiger partial charge in [-0.15, -0.1) is 0 Å². The zero-order valence-corrected chi connectivity index (χ0v) is 14.2. The van der Waals surface area contributed by atoms with Gasteiger partial charge in [0.15, 0.2) is 0 Å². The molecule has 2 atom stereocenters. The minimum atomic E-state index is -0.907. The smallest absolute Gasteiger partial charge is 0.245 e. The van der Waals surface area contributed by atoms with Gasteiger partial charge < -0.3 is 20.8 Å². The third-order valence-electron chi connectivity index (χ3n) is 5.25. The number of rotatable bonds is 4. The lowest BCUT2D eigenvalue weighted by molar-refractivity contribution is -0.166. The van der Waals surface area contributed by atoms with E-state index in [-0.39, 0.29) is 17.4 Å². The Kier molecular flexibility index (Phi) is 3.73. The molecule has 1 saturated carbocycles. The minimum absolute atomic E-state index is 0.0260. The van der Waals surface area contributed by atoms with E-state index in [9.17, 15) is 4.79 Å². The average molecular weight is 315 g/mol. The predicted octanol–water partition coefficient (Wildman–Crippen LogP) is 2.95. The Labute approximate surface area is 136 Å². The van der Waals surface area contributed by atoms with Crippen LogP contribution in [0.2, 0.25) is 0 Å². The average Bonchev–Trinajstić information content (AvgIpc) is 2.86. The summed E-state index contributed by atoms with van der Waals surface area (Å²) in [5.74, 6) is -0.148. The van der Waals surface area contributed by atoms with Crippen molar-refractivity contribution in [2.24, 2.45) is 11.1 Å². The molecule has 1 aliphatic rings. The van der Waals surface area contributed by atoms with Crippen molar-refractivity contribution < 1.29 is 9.53 Å². The quantitative estimate of drug-likeness (QED) is 0.811. The van der Waals surface area contributed by atoms with E-state index in [1.54, 1.807) is 0 Å². The highest BCUT2D eigenvalue weighted by Gasteiger charge is 2.62. The number of nitrogens with one attached hydrogen (secondary N) is 2. The number of anilines is 1. The van der Waals surface area contributed by atoms with E-state index in [4.69, 9.17) is 10.5 Å². The van der Waals surface area contributed by atoms with E-state index in [2.05, 4.69) is 16.4 Å². The fraction of sp³-hybridized carbons (Fsp3) is 0.500. The number of nitrogens with two attached hydrogens (primary N) is 1. The number of fused-ring (bicyclic) bond motifs is 1. The number of ether oxygens (including phenoxy) is 1. The van der Waals surface area contributed by atoms with Crippen LogP contribution in [-0.2, 0) is 9.53 Å². The maximum Gasteiger partial charge on any atom is 0.245 e. The van der Waals surface area contributed by atoms with Gasteiger partial charge >= 0.3 is 0 Å². The molecule has 1 heterocycles. The molecule has 1 aromatic carbocycles. The van der Waals surface area contributed by atoms with Crippen molar-refractivity contribution in [3.63, 3.8) is 0 Å². The molecular formula is C18H25N3O2. The highest BCUT2D eigenvalue weighted by molar-refractivity contribution is 6.01. The fourth-order valence-corrected chi connectivity index (χ4v) is 3.42. The van der Waals surface area contributed by atoms with Gasteiger partial charge in [-0.05, 0) is 38.1 Å². The summed E-state index contributed by atoms with van der Waals surface area (Å²) >= 11 is 0. The van der Waals surface area contributed by atoms with Crippen LogP contribution in [0.4, 0.5) is 5.69 Å². The van der Waals surface area contributed by atoms with Crippen molar-refractivity contribution in [1.82, 2.24) is 4.98 Å². The first-order chi connectivity index (χ1) is 10.8. The van der Waals surface area contributed by atoms with Crippen molar-refractivity contribution in [3.05, 3.63) is 30.0 Å². The molecule has 2 aromatic rings. The SMILES string of the molecule is CCOC1CC(N)(C(=O)Nc2ccc3[nH]c(C)cc3c2)C1(C)C. The summed E-state index contributed by atoms with van der Waals surface area (Å²) in [6.07, 6.45) is 0.573. The number of H-pyrrole nitrogens is 1. The Balaban J connectivity index is 1.78. The zero-order chi connectivity index (χ0) is 16.8. The molecule has 0 bridgehead atoms. The van der Waals surface area contributed by atoms with Gasteiger partial charge in [-0.1, -0.05) is 13.8 Å². The molecule has 1 aliphatic carbocycles. The van der Waals surface area contributed by atoms with Crippen LogP contribution in [0.5, 0.6) is 0 Å². The van der Waals surface area contributed by atoms with Crippen LogP contribution < -0.4 is 11.1 Å². The van der Waals surface area contributed by atoms with E-state index in [1.165, 1.54) is 0 Å². The van der Waals surface area contributed by atoms with Crippen LogP contribution >= 0.6 is 0 Å². The predicted molar refractivity (Wildman–Crippen MR) is 92.4 cm³/mol. The van der Waals surface area contributed by atoms with E-state index in [1.807, 2.05) is 45.9 Å². The molecule has 3 rings (SSSR count). The lowest BCUT2D eigenvalue weighted by Crippen LogP contribution is -2.74. The summed E-state index contributed by atoms with van der Waals surface area (Å²) in [4.78, 5) is 16.0. The van der Waals surface area contributed by atoms with E-state index in [0.29, 0.717) is 13.0 Å². The zero-order valence-electron chi connectivity index (χ0n) is 14.2. The minimum Gasteiger partial charge on any atom is -0.378 e. The monoisotopic (exact) mass is 315 g/mol. The molecule has 23 heavy (non-hydrogen) atoms. The standard InChI is InChI=1S/C18H25N3O2/c1-5-23-15-10-18(19,17(15,3)4)16(22)21-13-6-7-14-12(9-13)8-11(2)20-14/h6-9,15,20H,5,10,19H2,1-4H3,(H,21,22). The first-order valence-corrected chi connectivity index (χ1v) is 8.09. The normalized spacial score (nSPS) is 26.0. The lowest BCUT2D eigenvalue weighted by atomic mass is 9.54. The number of aromatic nitrogens is 1. The molecule has 0 saturated heterocycles. The van der Waals surface area contributed by atoms with Crippen molar-refractivity contribution in [3.8, 4) is 0 Å². The fourth-order valence-electron chi connectivity index (χ4n) is 3.42. The first-order valence-electron chi connectivity index (χ1n) is 8.09. The van der Waals surface area contributed by atoms with Gasteiger partial charge in [-0.25, -0.2) is 0 Å². The second-order valence-corrected chi connectivity index (χ2v) is 7.05.